The number of piperidine rings is 1. The monoisotopic (exact) mass is 340 g/mol. The molecule has 1 fully saturated rings. The first-order chi connectivity index (χ1) is 9.60. The summed E-state index contributed by atoms with van der Waals surface area (Å²) < 4.78 is 1.05. The predicted molar refractivity (Wildman–Crippen MR) is 82.5 cm³/mol. The lowest BCUT2D eigenvalue weighted by Crippen LogP contribution is -2.44. The molecule has 110 valence electrons. The van der Waals surface area contributed by atoms with Crippen LogP contribution in [-0.2, 0) is 6.54 Å². The van der Waals surface area contributed by atoms with Gasteiger partial charge in [0.1, 0.15) is 0 Å². The lowest BCUT2D eigenvalue weighted by molar-refractivity contribution is 0.137. The molecule has 1 aromatic carbocycles. The van der Waals surface area contributed by atoms with Gasteiger partial charge in [0.25, 0.3) is 0 Å². The van der Waals surface area contributed by atoms with Crippen molar-refractivity contribution in [2.24, 2.45) is 5.92 Å². The van der Waals surface area contributed by atoms with Crippen LogP contribution in [0.15, 0.2) is 22.7 Å². The van der Waals surface area contributed by atoms with Gasteiger partial charge >= 0.3 is 6.03 Å². The molecule has 1 aliphatic rings. The molecule has 5 heteroatoms. The largest absolute Gasteiger partial charge is 0.396 e. The second kappa shape index (κ2) is 7.09. The summed E-state index contributed by atoms with van der Waals surface area (Å²) in [4.78, 5) is 13.9. The number of nitrogens with zero attached hydrogens (tertiary/aromatic N) is 1. The van der Waals surface area contributed by atoms with Gasteiger partial charge in [0.15, 0.2) is 0 Å². The third kappa shape index (κ3) is 3.96. The summed E-state index contributed by atoms with van der Waals surface area (Å²) in [5, 5.41) is 12.1. The summed E-state index contributed by atoms with van der Waals surface area (Å²) in [6, 6.07) is 6.05. The zero-order chi connectivity index (χ0) is 14.5. The predicted octanol–water partition coefficient (Wildman–Crippen LogP) is 2.67. The fourth-order valence-corrected chi connectivity index (χ4v) is 2.93. The molecule has 2 amide bonds. The molecule has 4 nitrogen and oxygen atoms in total. The first kappa shape index (κ1) is 15.3. The maximum atomic E-state index is 12.1. The van der Waals surface area contributed by atoms with E-state index >= 15 is 0 Å². The van der Waals surface area contributed by atoms with Crippen molar-refractivity contribution in [3.63, 3.8) is 0 Å². The summed E-state index contributed by atoms with van der Waals surface area (Å²) in [5.74, 6) is 0.354. The molecular formula is C15H21BrN2O2. The average molecular weight is 341 g/mol. The van der Waals surface area contributed by atoms with Crippen molar-refractivity contribution < 1.29 is 9.90 Å². The van der Waals surface area contributed by atoms with Crippen LogP contribution in [0, 0.1) is 12.8 Å². The van der Waals surface area contributed by atoms with Crippen LogP contribution in [0.2, 0.25) is 0 Å². The van der Waals surface area contributed by atoms with Crippen molar-refractivity contribution in [2.45, 2.75) is 26.3 Å². The first-order valence-corrected chi connectivity index (χ1v) is 7.78. The Morgan fingerprint density at radius 3 is 2.75 bits per heavy atom. The molecule has 20 heavy (non-hydrogen) atoms. The second-order valence-corrected chi connectivity index (χ2v) is 6.26. The van der Waals surface area contributed by atoms with Gasteiger partial charge in [-0.05, 0) is 48.9 Å². The number of urea groups is 1. The van der Waals surface area contributed by atoms with E-state index in [0.29, 0.717) is 12.5 Å². The molecule has 0 bridgehead atoms. The topological polar surface area (TPSA) is 52.6 Å². The third-order valence-corrected chi connectivity index (χ3v) is 4.39. The standard InChI is InChI=1S/C15H21BrN2O2/c1-11-8-14(16)3-2-13(11)9-17-15(20)18-6-4-12(10-19)5-7-18/h2-3,8,12,19H,4-7,9-10H2,1H3,(H,17,20). The Balaban J connectivity index is 1.83. The lowest BCUT2D eigenvalue weighted by Gasteiger charge is -2.31. The number of benzene rings is 1. The zero-order valence-corrected chi connectivity index (χ0v) is 13.3. The Morgan fingerprint density at radius 2 is 2.15 bits per heavy atom. The quantitative estimate of drug-likeness (QED) is 0.888. The van der Waals surface area contributed by atoms with Gasteiger partial charge in [-0.25, -0.2) is 4.79 Å². The minimum atomic E-state index is -0.0105. The van der Waals surface area contributed by atoms with Gasteiger partial charge in [-0.1, -0.05) is 22.0 Å². The Hall–Kier alpha value is -1.07. The molecule has 2 N–H and O–H groups in total. The Labute approximate surface area is 128 Å². The van der Waals surface area contributed by atoms with Crippen molar-refractivity contribution in [1.29, 1.82) is 0 Å². The Kier molecular flexibility index (Phi) is 5.43. The van der Waals surface area contributed by atoms with E-state index in [0.717, 1.165) is 36.0 Å². The molecule has 1 saturated heterocycles. The molecule has 2 rings (SSSR count). The maximum Gasteiger partial charge on any atom is 0.317 e. The normalized spacial score (nSPS) is 16.2. The van der Waals surface area contributed by atoms with E-state index in [1.165, 1.54) is 5.56 Å². The fraction of sp³-hybridized carbons (Fsp3) is 0.533. The van der Waals surface area contributed by atoms with Crippen LogP contribution >= 0.6 is 15.9 Å². The molecule has 1 aliphatic heterocycles. The Bertz CT molecular complexity index is 471. The van der Waals surface area contributed by atoms with E-state index in [4.69, 9.17) is 5.11 Å². The molecule has 0 saturated carbocycles. The van der Waals surface area contributed by atoms with Crippen molar-refractivity contribution >= 4 is 22.0 Å². The SMILES string of the molecule is Cc1cc(Br)ccc1CNC(=O)N1CCC(CO)CC1. The average Bonchev–Trinajstić information content (AvgIpc) is 2.46. The van der Waals surface area contributed by atoms with Crippen molar-refractivity contribution in [3.05, 3.63) is 33.8 Å². The molecular weight excluding hydrogens is 320 g/mol. The molecule has 1 aromatic rings. The maximum absolute atomic E-state index is 12.1. The van der Waals surface area contributed by atoms with E-state index < -0.39 is 0 Å². The number of carbonyl (C=O) groups excluding carboxylic acids is 1. The number of aryl methyl sites for hydroxylation is 1. The number of carbonyl (C=O) groups is 1. The molecule has 0 unspecified atom stereocenters. The zero-order valence-electron chi connectivity index (χ0n) is 11.7. The Morgan fingerprint density at radius 1 is 1.45 bits per heavy atom. The number of halogens is 1. The van der Waals surface area contributed by atoms with E-state index in [9.17, 15) is 4.79 Å². The number of hydrogen-bond acceptors (Lipinski definition) is 2. The summed E-state index contributed by atoms with van der Waals surface area (Å²) >= 11 is 3.44. The van der Waals surface area contributed by atoms with Crippen molar-refractivity contribution in [3.8, 4) is 0 Å². The highest BCUT2D eigenvalue weighted by molar-refractivity contribution is 9.10. The number of hydrogen-bond donors (Lipinski definition) is 2. The van der Waals surface area contributed by atoms with Crippen LogP contribution in [0.3, 0.4) is 0 Å². The summed E-state index contributed by atoms with van der Waals surface area (Å²) in [7, 11) is 0. The van der Waals surface area contributed by atoms with Crippen LogP contribution in [-0.4, -0.2) is 35.7 Å². The summed E-state index contributed by atoms with van der Waals surface area (Å²) in [5.41, 5.74) is 2.30. The number of amides is 2. The molecule has 1 heterocycles. The number of aliphatic hydroxyl groups is 1. The van der Waals surface area contributed by atoms with Gasteiger partial charge in [-0.2, -0.15) is 0 Å². The van der Waals surface area contributed by atoms with Gasteiger partial charge in [-0.3, -0.25) is 0 Å². The molecule has 0 aliphatic carbocycles. The van der Waals surface area contributed by atoms with Gasteiger partial charge in [0.2, 0.25) is 0 Å². The molecule has 0 radical (unpaired) electrons. The van der Waals surface area contributed by atoms with Crippen LogP contribution < -0.4 is 5.32 Å². The van der Waals surface area contributed by atoms with E-state index in [1.807, 2.05) is 30.0 Å². The fourth-order valence-electron chi connectivity index (χ4n) is 2.46. The van der Waals surface area contributed by atoms with Crippen molar-refractivity contribution in [2.75, 3.05) is 19.7 Å². The molecule has 0 aromatic heterocycles. The van der Waals surface area contributed by atoms with Gasteiger partial charge in [-0.15, -0.1) is 0 Å². The number of aliphatic hydroxyl groups excluding tert-OH is 1. The van der Waals surface area contributed by atoms with Crippen LogP contribution in [0.5, 0.6) is 0 Å². The van der Waals surface area contributed by atoms with E-state index in [-0.39, 0.29) is 12.6 Å². The smallest absolute Gasteiger partial charge is 0.317 e. The number of rotatable bonds is 3. The van der Waals surface area contributed by atoms with Gasteiger partial charge in [0.05, 0.1) is 0 Å². The summed E-state index contributed by atoms with van der Waals surface area (Å²) in [6.45, 7) is 4.29. The van der Waals surface area contributed by atoms with Crippen LogP contribution in [0.1, 0.15) is 24.0 Å². The molecule has 0 atom stereocenters. The van der Waals surface area contributed by atoms with Gasteiger partial charge in [0, 0.05) is 30.7 Å². The highest BCUT2D eigenvalue weighted by Crippen LogP contribution is 2.17. The highest BCUT2D eigenvalue weighted by Gasteiger charge is 2.21. The van der Waals surface area contributed by atoms with Gasteiger partial charge < -0.3 is 15.3 Å². The number of nitrogens with one attached hydrogen (secondary N) is 1. The van der Waals surface area contributed by atoms with Crippen LogP contribution in [0.4, 0.5) is 4.79 Å². The highest BCUT2D eigenvalue weighted by atomic mass is 79.9. The number of likely N-dealkylation sites (tertiary alicyclic amines) is 1. The second-order valence-electron chi connectivity index (χ2n) is 5.34. The van der Waals surface area contributed by atoms with Crippen LogP contribution in [0.25, 0.3) is 0 Å². The summed E-state index contributed by atoms with van der Waals surface area (Å²) in [6.07, 6.45) is 1.78. The first-order valence-electron chi connectivity index (χ1n) is 6.99. The minimum absolute atomic E-state index is 0.0105. The van der Waals surface area contributed by atoms with Crippen molar-refractivity contribution in [1.82, 2.24) is 10.2 Å². The minimum Gasteiger partial charge on any atom is -0.396 e. The van der Waals surface area contributed by atoms with E-state index in [2.05, 4.69) is 21.2 Å². The van der Waals surface area contributed by atoms with E-state index in [1.54, 1.807) is 0 Å². The third-order valence-electron chi connectivity index (χ3n) is 3.89. The molecule has 0 spiro atoms. The lowest BCUT2D eigenvalue weighted by atomic mass is 9.98.